The van der Waals surface area contributed by atoms with Gasteiger partial charge in [0.15, 0.2) is 0 Å². The Morgan fingerprint density at radius 3 is 2.50 bits per heavy atom. The fraction of sp³-hybridized carbons (Fsp3) is 0.419. The SMILES string of the molecule is CN(C(=O)NCc1cccc(F)c1Cl)[C@@H](CCCNCCNC(=O)OC(C)(C)C)COC(=O)Nc1cc2ccccc2cn1. The number of rotatable bonds is 13. The number of carbonyl (C=O) groups is 3. The number of halogens is 2. The number of ether oxygens (including phenoxy) is 2. The fourth-order valence-electron chi connectivity index (χ4n) is 4.15. The van der Waals surface area contributed by atoms with Gasteiger partial charge in [-0.25, -0.2) is 23.8 Å². The van der Waals surface area contributed by atoms with Crippen LogP contribution in [0.1, 0.15) is 39.2 Å². The van der Waals surface area contributed by atoms with Crippen LogP contribution in [0, 0.1) is 5.82 Å². The van der Waals surface area contributed by atoms with Crippen LogP contribution in [0.25, 0.3) is 10.8 Å². The zero-order chi connectivity index (χ0) is 32.1. The number of nitrogens with one attached hydrogen (secondary N) is 4. The molecule has 0 spiro atoms. The highest BCUT2D eigenvalue weighted by molar-refractivity contribution is 6.31. The zero-order valence-electron chi connectivity index (χ0n) is 25.4. The summed E-state index contributed by atoms with van der Waals surface area (Å²) in [6.45, 7) is 6.82. The van der Waals surface area contributed by atoms with Crippen molar-refractivity contribution in [3.63, 3.8) is 0 Å². The van der Waals surface area contributed by atoms with Crippen molar-refractivity contribution in [2.24, 2.45) is 0 Å². The van der Waals surface area contributed by atoms with Crippen LogP contribution in [0.3, 0.4) is 0 Å². The number of benzene rings is 2. The second-order valence-electron chi connectivity index (χ2n) is 11.1. The predicted octanol–water partition coefficient (Wildman–Crippen LogP) is 5.68. The van der Waals surface area contributed by atoms with Crippen LogP contribution in [-0.4, -0.2) is 73.0 Å². The number of nitrogens with zero attached hydrogens (tertiary/aromatic N) is 2. The summed E-state index contributed by atoms with van der Waals surface area (Å²) in [5.41, 5.74) is -0.132. The molecule has 0 aliphatic heterocycles. The zero-order valence-corrected chi connectivity index (χ0v) is 26.2. The summed E-state index contributed by atoms with van der Waals surface area (Å²) in [6.07, 6.45) is 1.61. The first-order valence-corrected chi connectivity index (χ1v) is 14.7. The van der Waals surface area contributed by atoms with Gasteiger partial charge in [0.05, 0.1) is 11.1 Å². The first-order chi connectivity index (χ1) is 20.9. The number of carbonyl (C=O) groups excluding carboxylic acids is 3. The molecule has 0 saturated carbocycles. The summed E-state index contributed by atoms with van der Waals surface area (Å²) in [5, 5.41) is 13.1. The lowest BCUT2D eigenvalue weighted by molar-refractivity contribution is 0.0528. The third-order valence-corrected chi connectivity index (χ3v) is 6.88. The molecule has 44 heavy (non-hydrogen) atoms. The van der Waals surface area contributed by atoms with Gasteiger partial charge >= 0.3 is 18.2 Å². The second kappa shape index (κ2) is 16.6. The van der Waals surface area contributed by atoms with Crippen molar-refractivity contribution < 1.29 is 28.2 Å². The molecular formula is C31H40ClFN6O5. The molecule has 1 aromatic heterocycles. The highest BCUT2D eigenvalue weighted by Gasteiger charge is 2.22. The molecule has 0 unspecified atom stereocenters. The van der Waals surface area contributed by atoms with Gasteiger partial charge in [-0.1, -0.05) is 48.0 Å². The standard InChI is InChI=1S/C31H40ClFN6O5/c1-31(2,3)44-29(41)35-16-15-34-14-8-12-24(39(4)28(40)37-19-23-11-7-13-25(33)27(23)32)20-43-30(42)38-26-17-21-9-5-6-10-22(21)18-36-26/h5-7,9-11,13,17-18,24,34H,8,12,14-16,19-20H2,1-4H3,(H,35,41)(H,37,40)(H,36,38,42)/t24-/m0/s1. The normalized spacial score (nSPS) is 11.9. The lowest BCUT2D eigenvalue weighted by Crippen LogP contribution is -2.46. The molecule has 0 bridgehead atoms. The second-order valence-corrected chi connectivity index (χ2v) is 11.5. The summed E-state index contributed by atoms with van der Waals surface area (Å²) in [4.78, 5) is 43.1. The highest BCUT2D eigenvalue weighted by atomic mass is 35.5. The predicted molar refractivity (Wildman–Crippen MR) is 168 cm³/mol. The number of hydrogen-bond acceptors (Lipinski definition) is 7. The molecule has 11 nitrogen and oxygen atoms in total. The molecule has 3 aromatic rings. The average Bonchev–Trinajstić information content (AvgIpc) is 2.97. The third-order valence-electron chi connectivity index (χ3n) is 6.46. The maximum Gasteiger partial charge on any atom is 0.412 e. The number of alkyl carbamates (subject to hydrolysis) is 1. The smallest absolute Gasteiger partial charge is 0.412 e. The lowest BCUT2D eigenvalue weighted by Gasteiger charge is -2.28. The van der Waals surface area contributed by atoms with Crippen LogP contribution in [0.15, 0.2) is 54.7 Å². The summed E-state index contributed by atoms with van der Waals surface area (Å²) in [6, 6.07) is 12.8. The van der Waals surface area contributed by atoms with E-state index in [0.29, 0.717) is 43.9 Å². The van der Waals surface area contributed by atoms with Gasteiger partial charge in [-0.3, -0.25) is 5.32 Å². The molecule has 2 aromatic carbocycles. The van der Waals surface area contributed by atoms with Crippen LogP contribution >= 0.6 is 11.6 Å². The van der Waals surface area contributed by atoms with E-state index in [2.05, 4.69) is 26.3 Å². The Kier molecular flexibility index (Phi) is 13.0. The van der Waals surface area contributed by atoms with Gasteiger partial charge in [-0.2, -0.15) is 0 Å². The quantitative estimate of drug-likeness (QED) is 0.179. The van der Waals surface area contributed by atoms with Crippen LogP contribution in [0.5, 0.6) is 0 Å². The van der Waals surface area contributed by atoms with E-state index in [4.69, 9.17) is 21.1 Å². The van der Waals surface area contributed by atoms with Gasteiger partial charge in [0.2, 0.25) is 0 Å². The number of pyridine rings is 1. The molecular weight excluding hydrogens is 591 g/mol. The molecule has 0 fully saturated rings. The lowest BCUT2D eigenvalue weighted by atomic mass is 10.1. The average molecular weight is 631 g/mol. The third kappa shape index (κ3) is 11.5. The van der Waals surface area contributed by atoms with Gasteiger partial charge in [0, 0.05) is 38.3 Å². The molecule has 0 saturated heterocycles. The molecule has 13 heteroatoms. The minimum atomic E-state index is -0.704. The van der Waals surface area contributed by atoms with E-state index >= 15 is 0 Å². The van der Waals surface area contributed by atoms with Crippen molar-refractivity contribution in [2.75, 3.05) is 38.6 Å². The van der Waals surface area contributed by atoms with Gasteiger partial charge in [0.25, 0.3) is 0 Å². The number of anilines is 1. The molecule has 1 atom stereocenters. The first-order valence-electron chi connectivity index (χ1n) is 14.3. The van der Waals surface area contributed by atoms with Crippen LogP contribution in [-0.2, 0) is 16.0 Å². The van der Waals surface area contributed by atoms with Crippen molar-refractivity contribution in [3.05, 3.63) is 71.1 Å². The highest BCUT2D eigenvalue weighted by Crippen LogP contribution is 2.20. The van der Waals surface area contributed by atoms with Gasteiger partial charge in [0.1, 0.15) is 23.8 Å². The van der Waals surface area contributed by atoms with E-state index in [9.17, 15) is 18.8 Å². The largest absolute Gasteiger partial charge is 0.447 e. The van der Waals surface area contributed by atoms with Gasteiger partial charge < -0.3 is 30.3 Å². The minimum absolute atomic E-state index is 0.0215. The Labute approximate surface area is 261 Å². The fourth-order valence-corrected chi connectivity index (χ4v) is 4.35. The summed E-state index contributed by atoms with van der Waals surface area (Å²) in [5.74, 6) is -0.230. The van der Waals surface area contributed by atoms with Gasteiger partial charge in [-0.05, 0) is 63.2 Å². The molecule has 0 aliphatic carbocycles. The van der Waals surface area contributed by atoms with Crippen LogP contribution in [0.4, 0.5) is 24.6 Å². The Morgan fingerprint density at radius 1 is 1.00 bits per heavy atom. The van der Waals surface area contributed by atoms with E-state index in [1.165, 1.54) is 17.0 Å². The Balaban J connectivity index is 1.52. The minimum Gasteiger partial charge on any atom is -0.447 e. The summed E-state index contributed by atoms with van der Waals surface area (Å²) < 4.78 is 24.5. The Bertz CT molecular complexity index is 1420. The van der Waals surface area contributed by atoms with Crippen molar-refractivity contribution >= 4 is 46.4 Å². The van der Waals surface area contributed by atoms with Crippen LogP contribution < -0.4 is 21.3 Å². The van der Waals surface area contributed by atoms with Crippen LogP contribution in [0.2, 0.25) is 5.02 Å². The first kappa shape index (κ1) is 34.3. The summed E-state index contributed by atoms with van der Waals surface area (Å²) in [7, 11) is 1.59. The maximum absolute atomic E-state index is 13.8. The number of likely N-dealkylation sites (N-methyl/N-ethyl adjacent to an activating group) is 1. The van der Waals surface area contributed by atoms with E-state index in [1.807, 2.05) is 24.3 Å². The van der Waals surface area contributed by atoms with E-state index in [1.54, 1.807) is 46.1 Å². The number of amides is 4. The Morgan fingerprint density at radius 2 is 1.75 bits per heavy atom. The Hall–Kier alpha value is -4.16. The molecule has 4 amide bonds. The molecule has 1 heterocycles. The monoisotopic (exact) mass is 630 g/mol. The van der Waals surface area contributed by atoms with Crippen molar-refractivity contribution in [3.8, 4) is 0 Å². The number of hydrogen-bond donors (Lipinski definition) is 4. The van der Waals surface area contributed by atoms with E-state index in [-0.39, 0.29) is 18.2 Å². The number of aromatic nitrogens is 1. The maximum atomic E-state index is 13.8. The molecule has 3 rings (SSSR count). The summed E-state index contributed by atoms with van der Waals surface area (Å²) >= 11 is 6.02. The van der Waals surface area contributed by atoms with E-state index in [0.717, 1.165) is 10.8 Å². The molecule has 0 radical (unpaired) electrons. The number of urea groups is 1. The number of fused-ring (bicyclic) bond motifs is 1. The van der Waals surface area contributed by atoms with Crippen molar-refractivity contribution in [1.82, 2.24) is 25.8 Å². The molecule has 0 aliphatic rings. The van der Waals surface area contributed by atoms with Gasteiger partial charge in [-0.15, -0.1) is 0 Å². The van der Waals surface area contributed by atoms with Crippen molar-refractivity contribution in [2.45, 2.75) is 51.8 Å². The topological polar surface area (TPSA) is 134 Å². The van der Waals surface area contributed by atoms with E-state index < -0.39 is 35.7 Å². The van der Waals surface area contributed by atoms with Crippen molar-refractivity contribution in [1.29, 1.82) is 0 Å². The molecule has 4 N–H and O–H groups in total. The molecule has 238 valence electrons.